The standard InChI is InChI=1S/C19H25N3O2/c1-19(17(23)20-18(24)21-19)16-6-3-9-22(12-16)11-13-7-8-14-4-2-5-15(14)10-13/h7-8,10,16H,2-6,9,11-12H2,1H3,(H2,20,21,23,24)/t16-,19+/m0/s1. The Balaban J connectivity index is 1.45. The number of fused-ring (bicyclic) bond motifs is 1. The lowest BCUT2D eigenvalue weighted by Crippen LogP contribution is -2.55. The van der Waals surface area contributed by atoms with E-state index in [4.69, 9.17) is 0 Å². The number of carbonyl (C=O) groups is 2. The third-order valence-corrected chi connectivity index (χ3v) is 5.96. The largest absolute Gasteiger partial charge is 0.323 e. The Bertz CT molecular complexity index is 687. The van der Waals surface area contributed by atoms with Crippen molar-refractivity contribution in [1.82, 2.24) is 15.5 Å². The number of carbonyl (C=O) groups excluding carboxylic acids is 2. The predicted octanol–water partition coefficient (Wildman–Crippen LogP) is 1.99. The molecule has 0 spiro atoms. The highest BCUT2D eigenvalue weighted by Crippen LogP contribution is 2.31. The summed E-state index contributed by atoms with van der Waals surface area (Å²) in [5.74, 6) is -0.0241. The Morgan fingerprint density at radius 3 is 2.83 bits per heavy atom. The molecule has 2 atom stereocenters. The quantitative estimate of drug-likeness (QED) is 0.835. The van der Waals surface area contributed by atoms with Crippen LogP contribution in [0.15, 0.2) is 18.2 Å². The maximum Gasteiger partial charge on any atom is 0.322 e. The molecule has 4 rings (SSSR count). The van der Waals surface area contributed by atoms with Gasteiger partial charge in [0.1, 0.15) is 5.54 Å². The van der Waals surface area contributed by atoms with Crippen molar-refractivity contribution >= 4 is 11.9 Å². The number of imide groups is 1. The molecule has 2 heterocycles. The van der Waals surface area contributed by atoms with Crippen molar-refractivity contribution in [3.05, 3.63) is 34.9 Å². The number of nitrogens with zero attached hydrogens (tertiary/aromatic N) is 1. The van der Waals surface area contributed by atoms with Gasteiger partial charge in [0.05, 0.1) is 0 Å². The maximum atomic E-state index is 12.2. The van der Waals surface area contributed by atoms with E-state index >= 15 is 0 Å². The number of nitrogens with one attached hydrogen (secondary N) is 2. The molecular formula is C19H25N3O2. The van der Waals surface area contributed by atoms with Gasteiger partial charge in [-0.15, -0.1) is 0 Å². The average Bonchev–Trinajstić information content (AvgIpc) is 3.12. The van der Waals surface area contributed by atoms with E-state index in [9.17, 15) is 9.59 Å². The van der Waals surface area contributed by atoms with Crippen LogP contribution in [-0.4, -0.2) is 35.5 Å². The van der Waals surface area contributed by atoms with Gasteiger partial charge in [0.2, 0.25) is 0 Å². The summed E-state index contributed by atoms with van der Waals surface area (Å²) in [6, 6.07) is 6.53. The first-order valence-electron chi connectivity index (χ1n) is 9.01. The van der Waals surface area contributed by atoms with Gasteiger partial charge in [-0.1, -0.05) is 18.2 Å². The van der Waals surface area contributed by atoms with Crippen molar-refractivity contribution in [2.75, 3.05) is 13.1 Å². The second-order valence-electron chi connectivity index (χ2n) is 7.64. The van der Waals surface area contributed by atoms with Gasteiger partial charge in [-0.2, -0.15) is 0 Å². The first kappa shape index (κ1) is 15.6. The highest BCUT2D eigenvalue weighted by molar-refractivity contribution is 6.07. The number of piperidine rings is 1. The third-order valence-electron chi connectivity index (χ3n) is 5.96. The van der Waals surface area contributed by atoms with E-state index in [1.165, 1.54) is 36.0 Å². The van der Waals surface area contributed by atoms with Gasteiger partial charge in [-0.3, -0.25) is 15.0 Å². The van der Waals surface area contributed by atoms with E-state index in [0.717, 1.165) is 32.5 Å². The minimum absolute atomic E-state index is 0.159. The van der Waals surface area contributed by atoms with Crippen LogP contribution < -0.4 is 10.6 Å². The summed E-state index contributed by atoms with van der Waals surface area (Å²) < 4.78 is 0. The van der Waals surface area contributed by atoms with Gasteiger partial charge in [0.25, 0.3) is 5.91 Å². The number of benzene rings is 1. The monoisotopic (exact) mass is 327 g/mol. The number of likely N-dealkylation sites (tertiary alicyclic amines) is 1. The molecule has 1 aliphatic carbocycles. The molecule has 2 aliphatic heterocycles. The molecule has 1 aromatic carbocycles. The summed E-state index contributed by atoms with van der Waals surface area (Å²) in [4.78, 5) is 26.1. The van der Waals surface area contributed by atoms with Gasteiger partial charge in [-0.05, 0) is 62.3 Å². The van der Waals surface area contributed by atoms with Crippen molar-refractivity contribution in [3.63, 3.8) is 0 Å². The van der Waals surface area contributed by atoms with E-state index in [-0.39, 0.29) is 17.9 Å². The van der Waals surface area contributed by atoms with Crippen LogP contribution in [-0.2, 0) is 24.2 Å². The lowest BCUT2D eigenvalue weighted by atomic mass is 9.80. The van der Waals surface area contributed by atoms with Crippen LogP contribution >= 0.6 is 0 Å². The molecule has 0 bridgehead atoms. The first-order chi connectivity index (χ1) is 11.5. The van der Waals surface area contributed by atoms with Crippen LogP contribution in [0.2, 0.25) is 0 Å². The van der Waals surface area contributed by atoms with Crippen LogP contribution in [0.4, 0.5) is 4.79 Å². The molecule has 24 heavy (non-hydrogen) atoms. The van der Waals surface area contributed by atoms with Crippen molar-refractivity contribution in [3.8, 4) is 0 Å². The molecule has 3 aliphatic rings. The summed E-state index contributed by atoms with van der Waals surface area (Å²) in [7, 11) is 0. The zero-order chi connectivity index (χ0) is 16.7. The van der Waals surface area contributed by atoms with Crippen LogP contribution in [0.25, 0.3) is 0 Å². The van der Waals surface area contributed by atoms with E-state index < -0.39 is 5.54 Å². The summed E-state index contributed by atoms with van der Waals surface area (Å²) in [6.45, 7) is 4.69. The molecule has 5 heteroatoms. The fraction of sp³-hybridized carbons (Fsp3) is 0.579. The van der Waals surface area contributed by atoms with Crippen LogP contribution in [0.5, 0.6) is 0 Å². The Morgan fingerprint density at radius 2 is 2.04 bits per heavy atom. The summed E-state index contributed by atoms with van der Waals surface area (Å²) in [6.07, 6.45) is 5.74. The molecule has 128 valence electrons. The summed E-state index contributed by atoms with van der Waals surface area (Å²) in [5, 5.41) is 5.23. The molecule has 5 nitrogen and oxygen atoms in total. The second kappa shape index (κ2) is 5.88. The Hall–Kier alpha value is -1.88. The first-order valence-corrected chi connectivity index (χ1v) is 9.01. The zero-order valence-electron chi connectivity index (χ0n) is 14.2. The molecule has 2 N–H and O–H groups in total. The van der Waals surface area contributed by atoms with Gasteiger partial charge < -0.3 is 5.32 Å². The van der Waals surface area contributed by atoms with Crippen LogP contribution in [0.1, 0.15) is 42.9 Å². The molecule has 0 aromatic heterocycles. The van der Waals surface area contributed by atoms with Gasteiger partial charge >= 0.3 is 6.03 Å². The van der Waals surface area contributed by atoms with Gasteiger partial charge in [-0.25, -0.2) is 4.79 Å². The second-order valence-corrected chi connectivity index (χ2v) is 7.64. The predicted molar refractivity (Wildman–Crippen MR) is 91.5 cm³/mol. The number of aryl methyl sites for hydroxylation is 2. The number of hydrogen-bond acceptors (Lipinski definition) is 3. The molecule has 2 saturated heterocycles. The van der Waals surface area contributed by atoms with Gasteiger partial charge in [0.15, 0.2) is 0 Å². The third kappa shape index (κ3) is 2.71. The topological polar surface area (TPSA) is 61.4 Å². The Labute approximate surface area is 142 Å². The zero-order valence-corrected chi connectivity index (χ0v) is 14.2. The average molecular weight is 327 g/mol. The smallest absolute Gasteiger partial charge is 0.322 e. The molecule has 2 fully saturated rings. The van der Waals surface area contributed by atoms with E-state index in [1.807, 2.05) is 6.92 Å². The van der Waals surface area contributed by atoms with Crippen LogP contribution in [0.3, 0.4) is 0 Å². The van der Waals surface area contributed by atoms with E-state index in [2.05, 4.69) is 33.7 Å². The lowest BCUT2D eigenvalue weighted by Gasteiger charge is -2.39. The van der Waals surface area contributed by atoms with Crippen molar-refractivity contribution in [1.29, 1.82) is 0 Å². The maximum absolute atomic E-state index is 12.2. The SMILES string of the molecule is C[C@]1([C@H]2CCCN(Cc3ccc4c(c3)CCC4)C2)NC(=O)NC1=O. The Kier molecular flexibility index (Phi) is 3.83. The molecule has 3 amide bonds. The van der Waals surface area contributed by atoms with E-state index in [0.29, 0.717) is 0 Å². The molecule has 0 saturated carbocycles. The lowest BCUT2D eigenvalue weighted by molar-refractivity contribution is -0.126. The van der Waals surface area contributed by atoms with E-state index in [1.54, 1.807) is 0 Å². The fourth-order valence-electron chi connectivity index (χ4n) is 4.50. The van der Waals surface area contributed by atoms with Crippen molar-refractivity contribution in [2.45, 2.75) is 51.1 Å². The fourth-order valence-corrected chi connectivity index (χ4v) is 4.50. The molecule has 1 aromatic rings. The molecule has 0 unspecified atom stereocenters. The number of hydrogen-bond donors (Lipinski definition) is 2. The van der Waals surface area contributed by atoms with Crippen LogP contribution in [0, 0.1) is 5.92 Å². The van der Waals surface area contributed by atoms with Crippen molar-refractivity contribution < 1.29 is 9.59 Å². The minimum atomic E-state index is -0.770. The summed E-state index contributed by atoms with van der Waals surface area (Å²) in [5.41, 5.74) is 3.61. The summed E-state index contributed by atoms with van der Waals surface area (Å²) >= 11 is 0. The van der Waals surface area contributed by atoms with Crippen molar-refractivity contribution in [2.24, 2.45) is 5.92 Å². The molecule has 0 radical (unpaired) electrons. The highest BCUT2D eigenvalue weighted by atomic mass is 16.2. The Morgan fingerprint density at radius 1 is 1.21 bits per heavy atom. The number of urea groups is 1. The van der Waals surface area contributed by atoms with Gasteiger partial charge in [0, 0.05) is 19.0 Å². The highest BCUT2D eigenvalue weighted by Gasteiger charge is 2.48. The normalized spacial score (nSPS) is 30.1. The minimum Gasteiger partial charge on any atom is -0.323 e. The molecular weight excluding hydrogens is 302 g/mol. The number of rotatable bonds is 3. The number of amides is 3.